The molecular weight excluding hydrogens is 216 g/mol. The zero-order valence-corrected chi connectivity index (χ0v) is 9.81. The normalized spacial score (nSPS) is 10.0. The van der Waals surface area contributed by atoms with Crippen LogP contribution in [0.2, 0.25) is 0 Å². The third kappa shape index (κ3) is 3.10. The van der Waals surface area contributed by atoms with Gasteiger partial charge in [-0.15, -0.1) is 0 Å². The molecule has 0 aromatic carbocycles. The van der Waals surface area contributed by atoms with Crippen molar-refractivity contribution in [2.45, 2.75) is 13.5 Å². The lowest BCUT2D eigenvalue weighted by molar-refractivity contribution is 0.977. The summed E-state index contributed by atoms with van der Waals surface area (Å²) in [4.78, 5) is 16.5. The molecular formula is C11H14N6. The number of anilines is 2. The molecule has 6 heteroatoms. The minimum Gasteiger partial charge on any atom is -0.373 e. The average molecular weight is 230 g/mol. The van der Waals surface area contributed by atoms with Crippen LogP contribution in [0, 0.1) is 6.92 Å². The second-order valence-corrected chi connectivity index (χ2v) is 3.49. The highest BCUT2D eigenvalue weighted by atomic mass is 15.1. The largest absolute Gasteiger partial charge is 0.373 e. The molecule has 88 valence electrons. The Hall–Kier alpha value is -2.24. The maximum atomic E-state index is 4.29. The molecule has 2 aromatic heterocycles. The Morgan fingerprint density at radius 1 is 1.24 bits per heavy atom. The Morgan fingerprint density at radius 2 is 2.06 bits per heavy atom. The minimum atomic E-state index is 0.613. The van der Waals surface area contributed by atoms with Gasteiger partial charge in [-0.1, -0.05) is 0 Å². The van der Waals surface area contributed by atoms with Gasteiger partial charge in [0.2, 0.25) is 0 Å². The topological polar surface area (TPSA) is 75.6 Å². The van der Waals surface area contributed by atoms with Crippen molar-refractivity contribution in [1.29, 1.82) is 0 Å². The molecule has 0 aliphatic heterocycles. The smallest absolute Gasteiger partial charge is 0.132 e. The maximum absolute atomic E-state index is 4.29. The Kier molecular flexibility index (Phi) is 3.44. The van der Waals surface area contributed by atoms with E-state index in [0.29, 0.717) is 6.54 Å². The predicted octanol–water partition coefficient (Wildman–Crippen LogP) is 1.23. The van der Waals surface area contributed by atoms with E-state index in [1.165, 1.54) is 6.33 Å². The first kappa shape index (κ1) is 11.3. The molecule has 2 rings (SSSR count). The van der Waals surface area contributed by atoms with E-state index in [4.69, 9.17) is 0 Å². The summed E-state index contributed by atoms with van der Waals surface area (Å²) in [6, 6.07) is 3.72. The zero-order valence-electron chi connectivity index (χ0n) is 9.81. The van der Waals surface area contributed by atoms with Crippen molar-refractivity contribution in [2.75, 3.05) is 17.7 Å². The zero-order chi connectivity index (χ0) is 12.1. The summed E-state index contributed by atoms with van der Waals surface area (Å²) < 4.78 is 0. The summed E-state index contributed by atoms with van der Waals surface area (Å²) in [5.41, 5.74) is 0.919. The van der Waals surface area contributed by atoms with E-state index in [0.717, 1.165) is 23.2 Å². The quantitative estimate of drug-likeness (QED) is 0.822. The van der Waals surface area contributed by atoms with E-state index in [9.17, 15) is 0 Å². The number of aryl methyl sites for hydroxylation is 1. The van der Waals surface area contributed by atoms with Gasteiger partial charge >= 0.3 is 0 Å². The predicted molar refractivity (Wildman–Crippen MR) is 65.7 cm³/mol. The van der Waals surface area contributed by atoms with Crippen LogP contribution < -0.4 is 10.6 Å². The lowest BCUT2D eigenvalue weighted by atomic mass is 10.4. The van der Waals surface area contributed by atoms with Gasteiger partial charge in [0.05, 0.1) is 12.2 Å². The summed E-state index contributed by atoms with van der Waals surface area (Å²) in [7, 11) is 1.83. The molecule has 0 aliphatic carbocycles. The van der Waals surface area contributed by atoms with E-state index < -0.39 is 0 Å². The summed E-state index contributed by atoms with van der Waals surface area (Å²) in [6.07, 6.45) is 3.25. The highest BCUT2D eigenvalue weighted by Crippen LogP contribution is 2.10. The summed E-state index contributed by atoms with van der Waals surface area (Å²) in [5.74, 6) is 2.30. The SMILES string of the molecule is CNc1cc(NCc2ccncn2)nc(C)n1. The van der Waals surface area contributed by atoms with Gasteiger partial charge < -0.3 is 10.6 Å². The van der Waals surface area contributed by atoms with Crippen LogP contribution in [0.5, 0.6) is 0 Å². The lowest BCUT2D eigenvalue weighted by Gasteiger charge is -2.07. The Morgan fingerprint density at radius 3 is 2.76 bits per heavy atom. The fraction of sp³-hybridized carbons (Fsp3) is 0.273. The van der Waals surface area contributed by atoms with Gasteiger partial charge in [0.25, 0.3) is 0 Å². The molecule has 0 saturated carbocycles. The maximum Gasteiger partial charge on any atom is 0.132 e. The van der Waals surface area contributed by atoms with Crippen LogP contribution in [-0.4, -0.2) is 27.0 Å². The van der Waals surface area contributed by atoms with Crippen molar-refractivity contribution in [3.8, 4) is 0 Å². The fourth-order valence-electron chi connectivity index (χ4n) is 1.39. The van der Waals surface area contributed by atoms with Crippen molar-refractivity contribution in [2.24, 2.45) is 0 Å². The number of aromatic nitrogens is 4. The second kappa shape index (κ2) is 5.20. The van der Waals surface area contributed by atoms with E-state index >= 15 is 0 Å². The number of nitrogens with one attached hydrogen (secondary N) is 2. The third-order valence-electron chi connectivity index (χ3n) is 2.19. The monoisotopic (exact) mass is 230 g/mol. The standard InChI is InChI=1S/C11H14N6/c1-8-16-10(12-2)5-11(17-8)14-6-9-3-4-13-7-15-9/h3-5,7H,6H2,1-2H3,(H2,12,14,16,17). The van der Waals surface area contributed by atoms with Gasteiger partial charge in [0, 0.05) is 19.3 Å². The summed E-state index contributed by atoms with van der Waals surface area (Å²) >= 11 is 0. The van der Waals surface area contributed by atoms with Crippen LogP contribution in [0.4, 0.5) is 11.6 Å². The number of nitrogens with zero attached hydrogens (tertiary/aromatic N) is 4. The molecule has 0 saturated heterocycles. The van der Waals surface area contributed by atoms with Gasteiger partial charge in [-0.2, -0.15) is 0 Å². The molecule has 2 aromatic rings. The van der Waals surface area contributed by atoms with E-state index in [1.807, 2.05) is 26.1 Å². The van der Waals surface area contributed by atoms with Gasteiger partial charge in [0.1, 0.15) is 23.8 Å². The average Bonchev–Trinajstić information content (AvgIpc) is 2.37. The van der Waals surface area contributed by atoms with Crippen molar-refractivity contribution < 1.29 is 0 Å². The van der Waals surface area contributed by atoms with Crippen LogP contribution in [0.3, 0.4) is 0 Å². The van der Waals surface area contributed by atoms with Crippen LogP contribution in [0.15, 0.2) is 24.7 Å². The molecule has 17 heavy (non-hydrogen) atoms. The molecule has 0 unspecified atom stereocenters. The van der Waals surface area contributed by atoms with Gasteiger partial charge in [0.15, 0.2) is 0 Å². The van der Waals surface area contributed by atoms with Crippen molar-refractivity contribution >= 4 is 11.6 Å². The summed E-state index contributed by atoms with van der Waals surface area (Å²) in [6.45, 7) is 2.47. The van der Waals surface area contributed by atoms with Crippen molar-refractivity contribution in [3.05, 3.63) is 36.2 Å². The Labute approximate surface area is 99.6 Å². The molecule has 0 amide bonds. The molecule has 0 radical (unpaired) electrons. The molecule has 0 bridgehead atoms. The number of hydrogen-bond donors (Lipinski definition) is 2. The molecule has 0 aliphatic rings. The van der Waals surface area contributed by atoms with Crippen LogP contribution in [0.1, 0.15) is 11.5 Å². The number of rotatable bonds is 4. The van der Waals surface area contributed by atoms with Crippen LogP contribution >= 0.6 is 0 Å². The lowest BCUT2D eigenvalue weighted by Crippen LogP contribution is -2.06. The molecule has 0 fully saturated rings. The highest BCUT2D eigenvalue weighted by molar-refractivity contribution is 5.47. The first-order chi connectivity index (χ1) is 8.28. The van der Waals surface area contributed by atoms with Crippen LogP contribution in [0.25, 0.3) is 0 Å². The second-order valence-electron chi connectivity index (χ2n) is 3.49. The molecule has 2 heterocycles. The molecule has 6 nitrogen and oxygen atoms in total. The van der Waals surface area contributed by atoms with Crippen molar-refractivity contribution in [3.63, 3.8) is 0 Å². The first-order valence-corrected chi connectivity index (χ1v) is 5.30. The highest BCUT2D eigenvalue weighted by Gasteiger charge is 2.00. The van der Waals surface area contributed by atoms with Gasteiger partial charge in [-0.25, -0.2) is 19.9 Å². The third-order valence-corrected chi connectivity index (χ3v) is 2.19. The van der Waals surface area contributed by atoms with E-state index in [2.05, 4.69) is 30.6 Å². The first-order valence-electron chi connectivity index (χ1n) is 5.30. The molecule has 0 atom stereocenters. The Balaban J connectivity index is 2.06. The van der Waals surface area contributed by atoms with E-state index in [-0.39, 0.29) is 0 Å². The van der Waals surface area contributed by atoms with Crippen molar-refractivity contribution in [1.82, 2.24) is 19.9 Å². The van der Waals surface area contributed by atoms with Crippen LogP contribution in [-0.2, 0) is 6.54 Å². The van der Waals surface area contributed by atoms with E-state index in [1.54, 1.807) is 6.20 Å². The molecule has 0 spiro atoms. The fourth-order valence-corrected chi connectivity index (χ4v) is 1.39. The minimum absolute atomic E-state index is 0.613. The molecule has 2 N–H and O–H groups in total. The van der Waals surface area contributed by atoms with Gasteiger partial charge in [-0.3, -0.25) is 0 Å². The number of hydrogen-bond acceptors (Lipinski definition) is 6. The Bertz CT molecular complexity index is 485. The summed E-state index contributed by atoms with van der Waals surface area (Å²) in [5, 5.41) is 6.18. The van der Waals surface area contributed by atoms with Gasteiger partial charge in [-0.05, 0) is 13.0 Å².